The highest BCUT2D eigenvalue weighted by molar-refractivity contribution is 8.13. The Hall–Kier alpha value is -5.04. The zero-order chi connectivity index (χ0) is 40.7. The molecule has 1 heterocycles. The van der Waals surface area contributed by atoms with E-state index in [1.165, 1.54) is 6.92 Å². The molecule has 1 aliphatic rings. The Morgan fingerprint density at radius 2 is 1.30 bits per heavy atom. The van der Waals surface area contributed by atoms with Crippen LogP contribution in [-0.4, -0.2) is 106 Å². The molecule has 7 atom stereocenters. The van der Waals surface area contributed by atoms with Gasteiger partial charge in [-0.05, 0) is 37.2 Å². The van der Waals surface area contributed by atoms with Gasteiger partial charge in [0.15, 0.2) is 0 Å². The smallest absolute Gasteiger partial charge is 0.305 e. The molecule has 1 aliphatic heterocycles. The van der Waals surface area contributed by atoms with Gasteiger partial charge in [0.2, 0.25) is 46.5 Å². The van der Waals surface area contributed by atoms with Crippen LogP contribution in [0, 0.1) is 11.8 Å². The Labute approximate surface area is 317 Å². The molecule has 0 unspecified atom stereocenters. The number of carbonyl (C=O) groups is 9. The zero-order valence-electron chi connectivity index (χ0n) is 31.0. The van der Waals surface area contributed by atoms with Gasteiger partial charge in [-0.2, -0.15) is 0 Å². The van der Waals surface area contributed by atoms with Crippen molar-refractivity contribution in [3.8, 4) is 0 Å². The van der Waals surface area contributed by atoms with E-state index in [9.17, 15) is 48.3 Å². The second-order valence-electron chi connectivity index (χ2n) is 14.0. The number of carboxylic acids is 1. The molecule has 1 aromatic rings. The first kappa shape index (κ1) is 45.1. The Kier molecular flexibility index (Phi) is 18.1. The minimum atomic E-state index is -1.79. The molecule has 2 rings (SSSR count). The summed E-state index contributed by atoms with van der Waals surface area (Å²) in [4.78, 5) is 118. The molecule has 298 valence electrons. The van der Waals surface area contributed by atoms with Gasteiger partial charge < -0.3 is 48.5 Å². The van der Waals surface area contributed by atoms with Crippen molar-refractivity contribution in [2.24, 2.45) is 23.3 Å². The summed E-state index contributed by atoms with van der Waals surface area (Å²) in [5, 5.41) is 23.9. The van der Waals surface area contributed by atoms with E-state index in [-0.39, 0.29) is 31.1 Å². The Morgan fingerprint density at radius 1 is 0.778 bits per heavy atom. The molecule has 18 nitrogen and oxygen atoms in total. The topological polar surface area (TPSA) is 298 Å². The molecule has 11 N–H and O–H groups in total. The quantitative estimate of drug-likeness (QED) is 0.101. The fraction of sp³-hybridized carbons (Fsp3) is 0.571. The fourth-order valence-corrected chi connectivity index (χ4v) is 6.28. The summed E-state index contributed by atoms with van der Waals surface area (Å²) < 4.78 is 0. The summed E-state index contributed by atoms with van der Waals surface area (Å²) in [6.07, 6.45) is -1.40. The first-order valence-corrected chi connectivity index (χ1v) is 18.5. The van der Waals surface area contributed by atoms with Crippen LogP contribution in [0.2, 0.25) is 0 Å². The molecule has 0 spiro atoms. The van der Waals surface area contributed by atoms with Gasteiger partial charge in [-0.25, -0.2) is 0 Å². The number of rotatable bonds is 14. The molecule has 0 saturated carbocycles. The third-order valence-electron chi connectivity index (χ3n) is 8.05. The van der Waals surface area contributed by atoms with Crippen LogP contribution in [0.3, 0.4) is 0 Å². The second-order valence-corrected chi connectivity index (χ2v) is 15.0. The normalized spacial score (nSPS) is 23.0. The average molecular weight is 777 g/mol. The second kappa shape index (κ2) is 21.6. The van der Waals surface area contributed by atoms with Gasteiger partial charge >= 0.3 is 5.97 Å². The van der Waals surface area contributed by atoms with Gasteiger partial charge in [0.1, 0.15) is 30.2 Å². The van der Waals surface area contributed by atoms with E-state index >= 15 is 0 Å². The van der Waals surface area contributed by atoms with E-state index in [0.29, 0.717) is 17.3 Å². The van der Waals surface area contributed by atoms with E-state index in [4.69, 9.17) is 11.5 Å². The Morgan fingerprint density at radius 3 is 1.85 bits per heavy atom. The van der Waals surface area contributed by atoms with Crippen LogP contribution < -0.4 is 43.4 Å². The van der Waals surface area contributed by atoms with Gasteiger partial charge in [0, 0.05) is 12.2 Å². The highest BCUT2D eigenvalue weighted by Crippen LogP contribution is 2.17. The number of thioether (sulfide) groups is 1. The number of hydrogen-bond donors (Lipinski definition) is 9. The molecule has 1 aromatic carbocycles. The molecule has 1 fully saturated rings. The van der Waals surface area contributed by atoms with Gasteiger partial charge in [0.05, 0.1) is 24.9 Å². The number of primary amides is 1. The lowest BCUT2D eigenvalue weighted by atomic mass is 9.99. The van der Waals surface area contributed by atoms with Crippen molar-refractivity contribution in [3.05, 3.63) is 35.9 Å². The number of carboxylic acid groups (broad SMARTS) is 1. The predicted molar refractivity (Wildman–Crippen MR) is 198 cm³/mol. The van der Waals surface area contributed by atoms with E-state index in [0.717, 1.165) is 0 Å². The summed E-state index contributed by atoms with van der Waals surface area (Å²) in [7, 11) is 0. The van der Waals surface area contributed by atoms with Crippen LogP contribution in [-0.2, 0) is 49.6 Å². The molecule has 0 bridgehead atoms. The molecule has 7 amide bonds. The number of hydrogen-bond acceptors (Lipinski definition) is 11. The van der Waals surface area contributed by atoms with Crippen molar-refractivity contribution in [2.45, 2.75) is 109 Å². The molecule has 0 aromatic heterocycles. The third-order valence-corrected chi connectivity index (χ3v) is 9.12. The van der Waals surface area contributed by atoms with Crippen molar-refractivity contribution in [3.63, 3.8) is 0 Å². The van der Waals surface area contributed by atoms with Gasteiger partial charge in [-0.15, -0.1) is 0 Å². The van der Waals surface area contributed by atoms with Crippen molar-refractivity contribution in [1.82, 2.24) is 31.9 Å². The zero-order valence-corrected chi connectivity index (χ0v) is 31.8. The van der Waals surface area contributed by atoms with Crippen molar-refractivity contribution in [1.29, 1.82) is 0 Å². The highest BCUT2D eigenvalue weighted by atomic mass is 32.2. The monoisotopic (exact) mass is 776 g/mol. The summed E-state index contributed by atoms with van der Waals surface area (Å²) in [5.41, 5.74) is 11.5. The predicted octanol–water partition coefficient (Wildman–Crippen LogP) is -1.80. The number of amides is 7. The standard InChI is InChI=1S/C35H52N8O10S/c1-17(2)11-21-30(48)42-25(12-18(3)4)35(53)54-16-26(43-32(50)23(14-27(37)44)38-29(47)19(5)36)34(52)41-24(15-28(45)46)33(51)40-22(31(49)39-21)13-20-9-7-6-8-10-20/h6-10,17-19,21-26H,11-16,36H2,1-5H3,(H2,37,44)(H,38,47)(H,39,49)(H,40,51)(H,41,52)(H,42,48)(H,43,50)(H,45,46)/t19-,21-,22-,23-,24-,25-,26-/m0/s1. The third kappa shape index (κ3) is 15.5. The lowest BCUT2D eigenvalue weighted by molar-refractivity contribution is -0.141. The lowest BCUT2D eigenvalue weighted by Gasteiger charge is -2.29. The maximum atomic E-state index is 13.8. The maximum Gasteiger partial charge on any atom is 0.305 e. The summed E-state index contributed by atoms with van der Waals surface area (Å²) in [6, 6.07) is -1.20. The van der Waals surface area contributed by atoms with Crippen molar-refractivity contribution < 1.29 is 48.3 Å². The van der Waals surface area contributed by atoms with E-state index in [2.05, 4.69) is 31.9 Å². The molecule has 0 aliphatic carbocycles. The van der Waals surface area contributed by atoms with Crippen LogP contribution in [0.1, 0.15) is 65.9 Å². The van der Waals surface area contributed by atoms with Gasteiger partial charge in [0.25, 0.3) is 0 Å². The largest absolute Gasteiger partial charge is 0.481 e. The van der Waals surface area contributed by atoms with E-state index in [1.54, 1.807) is 30.3 Å². The Bertz CT molecular complexity index is 1540. The molecule has 1 saturated heterocycles. The van der Waals surface area contributed by atoms with Crippen molar-refractivity contribution >= 4 is 64.2 Å². The first-order chi connectivity index (χ1) is 25.3. The minimum Gasteiger partial charge on any atom is -0.481 e. The molecule has 54 heavy (non-hydrogen) atoms. The number of nitrogens with two attached hydrogens (primary N) is 2. The number of aliphatic carboxylic acids is 1. The Balaban J connectivity index is 2.65. The molecular weight excluding hydrogens is 724 g/mol. The number of benzene rings is 1. The molecule has 19 heteroatoms. The van der Waals surface area contributed by atoms with E-state index in [1.807, 2.05) is 27.7 Å². The SMILES string of the molecule is CC(C)C[C@@H]1NC(=O)[C@H](Cc2ccccc2)NC(=O)[C@H](CC(=O)O)NC(=O)[C@@H](NC(=O)[C@H](CC(N)=O)NC(=O)[C@H](C)N)CSC(=O)[C@H](CC(C)C)NC1=O. The molecule has 0 radical (unpaired) electrons. The summed E-state index contributed by atoms with van der Waals surface area (Å²) in [6.45, 7) is 8.63. The van der Waals surface area contributed by atoms with Gasteiger partial charge in [-0.1, -0.05) is 69.8 Å². The highest BCUT2D eigenvalue weighted by Gasteiger charge is 2.36. The van der Waals surface area contributed by atoms with Crippen molar-refractivity contribution in [2.75, 3.05) is 5.75 Å². The van der Waals surface area contributed by atoms with Crippen LogP contribution >= 0.6 is 11.8 Å². The van der Waals surface area contributed by atoms with Gasteiger partial charge in [-0.3, -0.25) is 43.2 Å². The van der Waals surface area contributed by atoms with Crippen LogP contribution in [0.15, 0.2) is 30.3 Å². The van der Waals surface area contributed by atoms with Crippen LogP contribution in [0.25, 0.3) is 0 Å². The summed E-state index contributed by atoms with van der Waals surface area (Å²) >= 11 is 0.563. The number of nitrogens with one attached hydrogen (secondary N) is 6. The maximum absolute atomic E-state index is 13.8. The first-order valence-electron chi connectivity index (χ1n) is 17.6. The minimum absolute atomic E-state index is 0.0830. The lowest BCUT2D eigenvalue weighted by Crippen LogP contribution is -2.61. The fourth-order valence-electron chi connectivity index (χ4n) is 5.36. The van der Waals surface area contributed by atoms with Crippen LogP contribution in [0.5, 0.6) is 0 Å². The van der Waals surface area contributed by atoms with E-state index < -0.39 is 113 Å². The average Bonchev–Trinajstić information content (AvgIpc) is 3.07. The van der Waals surface area contributed by atoms with Crippen LogP contribution in [0.4, 0.5) is 0 Å². The number of carbonyl (C=O) groups excluding carboxylic acids is 8. The summed E-state index contributed by atoms with van der Waals surface area (Å²) in [5.74, 6) is -8.70. The molecular formula is C35H52N8O10S.